The number of para-hydroxylation sites is 1. The first-order valence-electron chi connectivity index (χ1n) is 10.1. The van der Waals surface area contributed by atoms with Crippen LogP contribution in [0.4, 0.5) is 0 Å². The summed E-state index contributed by atoms with van der Waals surface area (Å²) in [4.78, 5) is 36.3. The predicted octanol–water partition coefficient (Wildman–Crippen LogP) is 2.96. The van der Waals surface area contributed by atoms with Gasteiger partial charge in [-0.3, -0.25) is 14.4 Å². The van der Waals surface area contributed by atoms with Crippen LogP contribution in [0.5, 0.6) is 0 Å². The molecule has 0 saturated carbocycles. The summed E-state index contributed by atoms with van der Waals surface area (Å²) < 4.78 is 1.83. The van der Waals surface area contributed by atoms with Crippen LogP contribution in [0, 0.1) is 13.8 Å². The molecule has 1 aromatic heterocycles. The van der Waals surface area contributed by atoms with Crippen LogP contribution in [0.3, 0.4) is 0 Å². The predicted molar refractivity (Wildman–Crippen MR) is 127 cm³/mol. The molecule has 1 heterocycles. The Balaban J connectivity index is 1.45. The Kier molecular flexibility index (Phi) is 8.08. The van der Waals surface area contributed by atoms with E-state index in [0.717, 1.165) is 22.6 Å². The van der Waals surface area contributed by atoms with Gasteiger partial charge >= 0.3 is 0 Å². The Morgan fingerprint density at radius 2 is 1.58 bits per heavy atom. The number of nitrogens with one attached hydrogen (secondary N) is 3. The SMILES string of the molecule is Cc1nn(-c2ccccc2)c(C)c1CNC(=O)CNC(=O)CNC(=O)c1ccc(Cl)cc1Cl. The van der Waals surface area contributed by atoms with Gasteiger partial charge in [-0.25, -0.2) is 4.68 Å². The van der Waals surface area contributed by atoms with E-state index in [2.05, 4.69) is 21.0 Å². The van der Waals surface area contributed by atoms with Crippen molar-refractivity contribution in [2.45, 2.75) is 20.4 Å². The first-order chi connectivity index (χ1) is 15.8. The molecular formula is C23H23Cl2N5O3. The fourth-order valence-corrected chi connectivity index (χ4v) is 3.67. The van der Waals surface area contributed by atoms with E-state index in [1.807, 2.05) is 48.9 Å². The number of aryl methyl sites for hydroxylation is 1. The second-order valence-corrected chi connectivity index (χ2v) is 8.10. The molecule has 3 aromatic rings. The molecule has 0 aliphatic heterocycles. The zero-order chi connectivity index (χ0) is 24.0. The van der Waals surface area contributed by atoms with Crippen LogP contribution in [-0.4, -0.2) is 40.6 Å². The summed E-state index contributed by atoms with van der Waals surface area (Å²) >= 11 is 11.8. The molecule has 0 atom stereocenters. The summed E-state index contributed by atoms with van der Waals surface area (Å²) in [5, 5.41) is 12.8. The van der Waals surface area contributed by atoms with Crippen molar-refractivity contribution >= 4 is 40.9 Å². The van der Waals surface area contributed by atoms with Crippen molar-refractivity contribution in [2.75, 3.05) is 13.1 Å². The van der Waals surface area contributed by atoms with Crippen molar-refractivity contribution in [3.05, 3.63) is 81.1 Å². The Hall–Kier alpha value is -3.36. The van der Waals surface area contributed by atoms with Crippen molar-refractivity contribution in [1.82, 2.24) is 25.7 Å². The van der Waals surface area contributed by atoms with Crippen molar-refractivity contribution in [2.24, 2.45) is 0 Å². The quantitative estimate of drug-likeness (QED) is 0.454. The first kappa shape index (κ1) is 24.3. The minimum atomic E-state index is -0.516. The topological polar surface area (TPSA) is 105 Å². The molecule has 3 rings (SSSR count). The van der Waals surface area contributed by atoms with Crippen molar-refractivity contribution in [3.8, 4) is 5.69 Å². The standard InChI is InChI=1S/C23H23Cl2N5O3/c1-14-19(15(2)30(29-14)17-6-4-3-5-7-17)11-26-21(31)12-27-22(32)13-28-23(33)18-9-8-16(24)10-20(18)25/h3-10H,11-13H2,1-2H3,(H,26,31)(H,27,32)(H,28,33). The zero-order valence-corrected chi connectivity index (χ0v) is 19.6. The van der Waals surface area contributed by atoms with Crippen molar-refractivity contribution < 1.29 is 14.4 Å². The van der Waals surface area contributed by atoms with Gasteiger partial charge < -0.3 is 16.0 Å². The van der Waals surface area contributed by atoms with Crippen LogP contribution in [0.1, 0.15) is 27.3 Å². The van der Waals surface area contributed by atoms with Gasteiger partial charge in [-0.05, 0) is 44.2 Å². The van der Waals surface area contributed by atoms with E-state index >= 15 is 0 Å². The first-order valence-corrected chi connectivity index (χ1v) is 10.9. The molecule has 3 N–H and O–H groups in total. The average molecular weight is 488 g/mol. The van der Waals surface area contributed by atoms with Gasteiger partial charge in [0.05, 0.1) is 35.1 Å². The summed E-state index contributed by atoms with van der Waals surface area (Å²) in [6, 6.07) is 14.1. The average Bonchev–Trinajstić information content (AvgIpc) is 3.08. The molecule has 3 amide bonds. The minimum absolute atomic E-state index is 0.181. The fourth-order valence-electron chi connectivity index (χ4n) is 3.17. The third-order valence-corrected chi connectivity index (χ3v) is 5.48. The molecule has 10 heteroatoms. The maximum Gasteiger partial charge on any atom is 0.253 e. The lowest BCUT2D eigenvalue weighted by Crippen LogP contribution is -2.41. The van der Waals surface area contributed by atoms with Crippen LogP contribution >= 0.6 is 23.2 Å². The highest BCUT2D eigenvalue weighted by Gasteiger charge is 2.15. The number of hydrogen-bond donors (Lipinski definition) is 3. The molecule has 172 valence electrons. The second-order valence-electron chi connectivity index (χ2n) is 7.26. The summed E-state index contributed by atoms with van der Waals surface area (Å²) in [6.45, 7) is 3.58. The number of halogens is 2. The highest BCUT2D eigenvalue weighted by Crippen LogP contribution is 2.20. The van der Waals surface area contributed by atoms with E-state index in [1.54, 1.807) is 0 Å². The Morgan fingerprint density at radius 1 is 0.909 bits per heavy atom. The van der Waals surface area contributed by atoms with Crippen LogP contribution < -0.4 is 16.0 Å². The van der Waals surface area contributed by atoms with Gasteiger partial charge in [-0.15, -0.1) is 0 Å². The van der Waals surface area contributed by atoms with Gasteiger partial charge in [-0.1, -0.05) is 41.4 Å². The fraction of sp³-hybridized carbons (Fsp3) is 0.217. The summed E-state index contributed by atoms with van der Waals surface area (Å²) in [5.41, 5.74) is 3.78. The number of carbonyl (C=O) groups is 3. The lowest BCUT2D eigenvalue weighted by Gasteiger charge is -2.09. The largest absolute Gasteiger partial charge is 0.350 e. The van der Waals surface area contributed by atoms with Crippen LogP contribution in [0.2, 0.25) is 10.0 Å². The molecule has 0 bridgehead atoms. The Morgan fingerprint density at radius 3 is 2.27 bits per heavy atom. The molecular weight excluding hydrogens is 465 g/mol. The van der Waals surface area contributed by atoms with E-state index in [4.69, 9.17) is 23.2 Å². The number of rotatable bonds is 8. The molecule has 2 aromatic carbocycles. The van der Waals surface area contributed by atoms with Crippen LogP contribution in [0.25, 0.3) is 5.69 Å². The number of aromatic nitrogens is 2. The van der Waals surface area contributed by atoms with Gasteiger partial charge in [-0.2, -0.15) is 5.10 Å². The van der Waals surface area contributed by atoms with Gasteiger partial charge in [0, 0.05) is 22.8 Å². The van der Waals surface area contributed by atoms with Crippen molar-refractivity contribution in [3.63, 3.8) is 0 Å². The third-order valence-electron chi connectivity index (χ3n) is 4.94. The summed E-state index contributed by atoms with van der Waals surface area (Å²) in [7, 11) is 0. The monoisotopic (exact) mass is 487 g/mol. The van der Waals surface area contributed by atoms with Gasteiger partial charge in [0.25, 0.3) is 5.91 Å². The molecule has 0 fully saturated rings. The van der Waals surface area contributed by atoms with E-state index in [9.17, 15) is 14.4 Å². The highest BCUT2D eigenvalue weighted by molar-refractivity contribution is 6.36. The molecule has 8 nitrogen and oxygen atoms in total. The van der Waals surface area contributed by atoms with Gasteiger partial charge in [0.2, 0.25) is 11.8 Å². The molecule has 0 radical (unpaired) electrons. The number of hydrogen-bond acceptors (Lipinski definition) is 4. The summed E-state index contributed by atoms with van der Waals surface area (Å²) in [6.07, 6.45) is 0. The maximum absolute atomic E-state index is 12.2. The smallest absolute Gasteiger partial charge is 0.253 e. The van der Waals surface area contributed by atoms with Gasteiger partial charge in [0.1, 0.15) is 0 Å². The Bertz CT molecular complexity index is 1180. The molecule has 33 heavy (non-hydrogen) atoms. The zero-order valence-electron chi connectivity index (χ0n) is 18.1. The number of benzene rings is 2. The minimum Gasteiger partial charge on any atom is -0.350 e. The number of carbonyl (C=O) groups excluding carboxylic acids is 3. The highest BCUT2D eigenvalue weighted by atomic mass is 35.5. The van der Waals surface area contributed by atoms with Crippen LogP contribution in [-0.2, 0) is 16.1 Å². The Labute approximate surface area is 201 Å². The third kappa shape index (κ3) is 6.34. The maximum atomic E-state index is 12.2. The molecule has 0 unspecified atom stereocenters. The summed E-state index contributed by atoms with van der Waals surface area (Å²) in [5.74, 6) is -1.38. The van der Waals surface area contributed by atoms with E-state index < -0.39 is 11.8 Å². The number of nitrogens with zero attached hydrogens (tertiary/aromatic N) is 2. The second kappa shape index (κ2) is 11.0. The lowest BCUT2D eigenvalue weighted by atomic mass is 10.2. The molecule has 0 aliphatic rings. The normalized spacial score (nSPS) is 10.5. The lowest BCUT2D eigenvalue weighted by molar-refractivity contribution is -0.125. The van der Waals surface area contributed by atoms with Crippen LogP contribution in [0.15, 0.2) is 48.5 Å². The molecule has 0 spiro atoms. The van der Waals surface area contributed by atoms with E-state index in [-0.39, 0.29) is 36.1 Å². The van der Waals surface area contributed by atoms with Gasteiger partial charge in [0.15, 0.2) is 0 Å². The molecule has 0 aliphatic carbocycles. The van der Waals surface area contributed by atoms with E-state index in [1.165, 1.54) is 18.2 Å². The van der Waals surface area contributed by atoms with E-state index in [0.29, 0.717) is 5.02 Å². The van der Waals surface area contributed by atoms with Crippen molar-refractivity contribution in [1.29, 1.82) is 0 Å². The molecule has 0 saturated heterocycles. The number of amides is 3.